The number of amides is 1. The first-order valence-electron chi connectivity index (χ1n) is 10.6. The zero-order valence-electron chi connectivity index (χ0n) is 16.3. The Morgan fingerprint density at radius 2 is 1.67 bits per heavy atom. The second-order valence-electron chi connectivity index (χ2n) is 8.31. The number of carbonyl (C=O) groups excluding carboxylic acids is 1. The summed E-state index contributed by atoms with van der Waals surface area (Å²) < 4.78 is 0. The van der Waals surface area contributed by atoms with Gasteiger partial charge in [-0.15, -0.1) is 0 Å². The lowest BCUT2D eigenvalue weighted by atomic mass is 10.0. The number of hydrogen-bond acceptors (Lipinski definition) is 3. The van der Waals surface area contributed by atoms with Gasteiger partial charge < -0.3 is 9.80 Å². The molecule has 0 aromatic heterocycles. The van der Waals surface area contributed by atoms with Gasteiger partial charge in [0.1, 0.15) is 0 Å². The molecule has 27 heavy (non-hydrogen) atoms. The van der Waals surface area contributed by atoms with E-state index < -0.39 is 0 Å². The molecule has 2 atom stereocenters. The molecule has 1 aliphatic heterocycles. The zero-order chi connectivity index (χ0) is 18.6. The highest BCUT2D eigenvalue weighted by molar-refractivity contribution is 8.00. The summed E-state index contributed by atoms with van der Waals surface area (Å²) in [6, 6.07) is 10.5. The van der Waals surface area contributed by atoms with Crippen molar-refractivity contribution in [1.82, 2.24) is 9.80 Å². The molecule has 3 aliphatic rings. The van der Waals surface area contributed by atoms with Gasteiger partial charge in [-0.2, -0.15) is 11.8 Å². The van der Waals surface area contributed by atoms with Crippen molar-refractivity contribution in [3.63, 3.8) is 0 Å². The lowest BCUT2D eigenvalue weighted by Gasteiger charge is -2.37. The van der Waals surface area contributed by atoms with Crippen LogP contribution in [-0.2, 0) is 4.79 Å². The molecule has 0 N–H and O–H groups in total. The molecular formula is C23H32N2OS. The topological polar surface area (TPSA) is 23.6 Å². The van der Waals surface area contributed by atoms with Crippen LogP contribution in [0.1, 0.15) is 50.0 Å². The molecule has 3 fully saturated rings. The van der Waals surface area contributed by atoms with Crippen molar-refractivity contribution in [3.05, 3.63) is 48.2 Å². The van der Waals surface area contributed by atoms with Crippen LogP contribution < -0.4 is 0 Å². The average Bonchev–Trinajstić information content (AvgIpc) is 3.54. The molecule has 4 heteroatoms. The number of nitrogens with zero attached hydrogens (tertiary/aromatic N) is 2. The van der Waals surface area contributed by atoms with Crippen molar-refractivity contribution in [3.8, 4) is 0 Å². The summed E-state index contributed by atoms with van der Waals surface area (Å²) in [5.74, 6) is 2.07. The Balaban J connectivity index is 1.20. The van der Waals surface area contributed by atoms with Crippen molar-refractivity contribution < 1.29 is 4.79 Å². The van der Waals surface area contributed by atoms with Gasteiger partial charge in [-0.3, -0.25) is 4.79 Å². The minimum Gasteiger partial charge on any atom is -0.371 e. The van der Waals surface area contributed by atoms with Gasteiger partial charge in [0.05, 0.1) is 0 Å². The highest BCUT2D eigenvalue weighted by atomic mass is 32.2. The van der Waals surface area contributed by atoms with Crippen molar-refractivity contribution in [2.24, 2.45) is 5.92 Å². The standard InChI is InChI=1S/C23H32N2OS/c1-18(17-27-20-10-6-3-7-11-20)24-12-14-25(15-13-24)23(26)22-16-21(22)19-8-4-2-5-9-19/h2,4-5,8-9,20-22H,1,3,6-7,10-17H2. The molecule has 1 aromatic rings. The van der Waals surface area contributed by atoms with Gasteiger partial charge in [0.2, 0.25) is 5.91 Å². The van der Waals surface area contributed by atoms with Crippen LogP contribution in [0.5, 0.6) is 0 Å². The van der Waals surface area contributed by atoms with E-state index in [9.17, 15) is 4.79 Å². The molecule has 2 unspecified atom stereocenters. The van der Waals surface area contributed by atoms with Gasteiger partial charge >= 0.3 is 0 Å². The third-order valence-corrected chi connectivity index (χ3v) is 7.85. The van der Waals surface area contributed by atoms with Crippen molar-refractivity contribution in [2.45, 2.75) is 49.7 Å². The summed E-state index contributed by atoms with van der Waals surface area (Å²) in [6.45, 7) is 7.92. The molecule has 146 valence electrons. The lowest BCUT2D eigenvalue weighted by Crippen LogP contribution is -2.49. The number of rotatable bonds is 6. The second kappa shape index (κ2) is 8.72. The summed E-state index contributed by atoms with van der Waals surface area (Å²) in [5.41, 5.74) is 2.58. The van der Waals surface area contributed by atoms with E-state index in [1.54, 1.807) is 0 Å². The zero-order valence-corrected chi connectivity index (χ0v) is 17.1. The van der Waals surface area contributed by atoms with E-state index in [4.69, 9.17) is 0 Å². The lowest BCUT2D eigenvalue weighted by molar-refractivity contribution is -0.134. The molecule has 3 nitrogen and oxygen atoms in total. The SMILES string of the molecule is C=C(CSC1CCCCC1)N1CCN(C(=O)C2CC2c2ccccc2)CC1. The van der Waals surface area contributed by atoms with Crippen LogP contribution in [0.25, 0.3) is 0 Å². The molecule has 4 rings (SSSR count). The molecule has 1 saturated heterocycles. The molecule has 0 spiro atoms. The Morgan fingerprint density at radius 1 is 1.00 bits per heavy atom. The summed E-state index contributed by atoms with van der Waals surface area (Å²) in [5, 5.41) is 0.836. The fourth-order valence-electron chi connectivity index (χ4n) is 4.55. The maximum atomic E-state index is 12.8. The van der Waals surface area contributed by atoms with Crippen molar-refractivity contribution >= 4 is 17.7 Å². The Morgan fingerprint density at radius 3 is 2.37 bits per heavy atom. The van der Waals surface area contributed by atoms with E-state index in [2.05, 4.69) is 52.4 Å². The van der Waals surface area contributed by atoms with Gasteiger partial charge in [0.15, 0.2) is 0 Å². The number of hydrogen-bond donors (Lipinski definition) is 0. The predicted molar refractivity (Wildman–Crippen MR) is 114 cm³/mol. The van der Waals surface area contributed by atoms with E-state index in [1.807, 2.05) is 6.07 Å². The smallest absolute Gasteiger partial charge is 0.226 e. The van der Waals surface area contributed by atoms with E-state index >= 15 is 0 Å². The first-order valence-corrected chi connectivity index (χ1v) is 11.7. The van der Waals surface area contributed by atoms with E-state index in [0.717, 1.165) is 43.6 Å². The quantitative estimate of drug-likeness (QED) is 0.721. The van der Waals surface area contributed by atoms with Gasteiger partial charge in [0.25, 0.3) is 0 Å². The highest BCUT2D eigenvalue weighted by Gasteiger charge is 2.46. The highest BCUT2D eigenvalue weighted by Crippen LogP contribution is 2.48. The van der Waals surface area contributed by atoms with Crippen LogP contribution in [-0.4, -0.2) is 52.9 Å². The molecule has 0 bridgehead atoms. The van der Waals surface area contributed by atoms with Crippen molar-refractivity contribution in [1.29, 1.82) is 0 Å². The first-order chi connectivity index (χ1) is 13.2. The predicted octanol–water partition coefficient (Wildman–Crippen LogP) is 4.51. The van der Waals surface area contributed by atoms with E-state index in [1.165, 1.54) is 43.4 Å². The fourth-order valence-corrected chi connectivity index (χ4v) is 5.83. The van der Waals surface area contributed by atoms with E-state index in [-0.39, 0.29) is 5.92 Å². The number of piperazine rings is 1. The molecule has 1 aromatic carbocycles. The molecular weight excluding hydrogens is 352 g/mol. The number of benzene rings is 1. The molecule has 1 heterocycles. The van der Waals surface area contributed by atoms with Gasteiger partial charge in [0, 0.05) is 48.8 Å². The molecule has 2 saturated carbocycles. The molecule has 0 radical (unpaired) electrons. The van der Waals surface area contributed by atoms with Gasteiger partial charge in [-0.05, 0) is 30.7 Å². The second-order valence-corrected chi connectivity index (χ2v) is 9.60. The van der Waals surface area contributed by atoms with Gasteiger partial charge in [-0.25, -0.2) is 0 Å². The summed E-state index contributed by atoms with van der Waals surface area (Å²) in [7, 11) is 0. The Hall–Kier alpha value is -1.42. The summed E-state index contributed by atoms with van der Waals surface area (Å²) in [4.78, 5) is 17.3. The van der Waals surface area contributed by atoms with Crippen LogP contribution in [0.15, 0.2) is 42.6 Å². The molecule has 1 amide bonds. The number of carbonyl (C=O) groups is 1. The van der Waals surface area contributed by atoms with Crippen LogP contribution >= 0.6 is 11.8 Å². The number of thioether (sulfide) groups is 1. The Bertz CT molecular complexity index is 648. The molecule has 2 aliphatic carbocycles. The van der Waals surface area contributed by atoms with Crippen LogP contribution in [0, 0.1) is 5.92 Å². The van der Waals surface area contributed by atoms with Crippen LogP contribution in [0.2, 0.25) is 0 Å². The third-order valence-electron chi connectivity index (χ3n) is 6.41. The monoisotopic (exact) mass is 384 g/mol. The third kappa shape index (κ3) is 4.71. The largest absolute Gasteiger partial charge is 0.371 e. The normalized spacial score (nSPS) is 26.1. The maximum Gasteiger partial charge on any atom is 0.226 e. The Labute approximate surface area is 168 Å². The van der Waals surface area contributed by atoms with Crippen molar-refractivity contribution in [2.75, 3.05) is 31.9 Å². The van der Waals surface area contributed by atoms with Crippen LogP contribution in [0.4, 0.5) is 0 Å². The van der Waals surface area contributed by atoms with E-state index in [0.29, 0.717) is 11.8 Å². The minimum absolute atomic E-state index is 0.212. The first kappa shape index (κ1) is 18.9. The van der Waals surface area contributed by atoms with Gasteiger partial charge in [-0.1, -0.05) is 56.2 Å². The fraction of sp³-hybridized carbons (Fsp3) is 0.609. The average molecular weight is 385 g/mol. The Kier molecular flexibility index (Phi) is 6.11. The summed E-state index contributed by atoms with van der Waals surface area (Å²) in [6.07, 6.45) is 7.99. The van der Waals surface area contributed by atoms with Crippen LogP contribution in [0.3, 0.4) is 0 Å². The summed E-state index contributed by atoms with van der Waals surface area (Å²) >= 11 is 2.10. The maximum absolute atomic E-state index is 12.8. The minimum atomic E-state index is 0.212.